The van der Waals surface area contributed by atoms with Gasteiger partial charge in [-0.15, -0.1) is 0 Å². The molecule has 0 bridgehead atoms. The number of piperidine rings is 1. The standard InChI is InChI=1S/C18H20N2O3/c1-12-16(7-8-19-12)17(21)20-9-3-6-15(11-20)13-4-2-5-14(10-13)18(22)23/h2,4-5,7-8,10,15,19H,3,6,9,11H2,1H3,(H,22,23)/t15-/m0/s1. The number of aromatic carboxylic acids is 1. The molecule has 1 atom stereocenters. The maximum Gasteiger partial charge on any atom is 0.335 e. The van der Waals surface area contributed by atoms with E-state index in [1.165, 1.54) is 0 Å². The highest BCUT2D eigenvalue weighted by Crippen LogP contribution is 2.28. The Bertz CT molecular complexity index is 735. The topological polar surface area (TPSA) is 73.4 Å². The van der Waals surface area contributed by atoms with Crippen molar-refractivity contribution in [2.45, 2.75) is 25.7 Å². The molecule has 0 spiro atoms. The second kappa shape index (κ2) is 6.28. The maximum absolute atomic E-state index is 12.6. The quantitative estimate of drug-likeness (QED) is 0.915. The zero-order valence-electron chi connectivity index (χ0n) is 13.1. The zero-order valence-corrected chi connectivity index (χ0v) is 13.1. The number of amides is 1. The van der Waals surface area contributed by atoms with Crippen LogP contribution in [0.2, 0.25) is 0 Å². The summed E-state index contributed by atoms with van der Waals surface area (Å²) < 4.78 is 0. The number of nitrogens with zero attached hydrogens (tertiary/aromatic N) is 1. The zero-order chi connectivity index (χ0) is 16.4. The van der Waals surface area contributed by atoms with Crippen LogP contribution in [0, 0.1) is 6.92 Å². The molecule has 2 heterocycles. The van der Waals surface area contributed by atoms with E-state index < -0.39 is 5.97 Å². The molecule has 1 fully saturated rings. The Hall–Kier alpha value is -2.56. The number of H-pyrrole nitrogens is 1. The van der Waals surface area contributed by atoms with Crippen molar-refractivity contribution >= 4 is 11.9 Å². The van der Waals surface area contributed by atoms with Crippen molar-refractivity contribution in [3.05, 3.63) is 58.9 Å². The summed E-state index contributed by atoms with van der Waals surface area (Å²) in [4.78, 5) is 28.7. The summed E-state index contributed by atoms with van der Waals surface area (Å²) in [6.07, 6.45) is 3.68. The minimum absolute atomic E-state index is 0.0443. The number of hydrogen-bond acceptors (Lipinski definition) is 2. The number of aromatic nitrogens is 1. The van der Waals surface area contributed by atoms with Crippen molar-refractivity contribution in [2.75, 3.05) is 13.1 Å². The molecule has 1 aliphatic rings. The smallest absolute Gasteiger partial charge is 0.335 e. The molecule has 1 aromatic carbocycles. The van der Waals surface area contributed by atoms with Crippen LogP contribution in [-0.2, 0) is 0 Å². The summed E-state index contributed by atoms with van der Waals surface area (Å²) in [6.45, 7) is 3.27. The van der Waals surface area contributed by atoms with E-state index >= 15 is 0 Å². The van der Waals surface area contributed by atoms with Gasteiger partial charge in [0.15, 0.2) is 0 Å². The second-order valence-electron chi connectivity index (χ2n) is 6.04. The first kappa shape index (κ1) is 15.3. The molecule has 0 radical (unpaired) electrons. The number of hydrogen-bond donors (Lipinski definition) is 2. The van der Waals surface area contributed by atoms with Crippen molar-refractivity contribution in [3.8, 4) is 0 Å². The van der Waals surface area contributed by atoms with E-state index in [1.54, 1.807) is 24.4 Å². The Morgan fingerprint density at radius 1 is 1.30 bits per heavy atom. The number of likely N-dealkylation sites (tertiary alicyclic amines) is 1. The van der Waals surface area contributed by atoms with E-state index in [4.69, 9.17) is 5.11 Å². The largest absolute Gasteiger partial charge is 0.478 e. The number of nitrogens with one attached hydrogen (secondary N) is 1. The van der Waals surface area contributed by atoms with Crippen LogP contribution in [-0.4, -0.2) is 40.0 Å². The number of rotatable bonds is 3. The van der Waals surface area contributed by atoms with E-state index in [0.717, 1.165) is 30.6 Å². The lowest BCUT2D eigenvalue weighted by molar-refractivity contribution is 0.0687. The van der Waals surface area contributed by atoms with Crippen LogP contribution in [0.15, 0.2) is 36.5 Å². The van der Waals surface area contributed by atoms with Gasteiger partial charge in [0, 0.05) is 30.9 Å². The molecule has 0 unspecified atom stereocenters. The van der Waals surface area contributed by atoms with Gasteiger partial charge < -0.3 is 15.0 Å². The van der Waals surface area contributed by atoms with Gasteiger partial charge in [-0.05, 0) is 43.5 Å². The molecule has 2 N–H and O–H groups in total. The van der Waals surface area contributed by atoms with Crippen LogP contribution >= 0.6 is 0 Å². The van der Waals surface area contributed by atoms with E-state index in [-0.39, 0.29) is 11.8 Å². The van der Waals surface area contributed by atoms with Crippen molar-refractivity contribution in [1.29, 1.82) is 0 Å². The summed E-state index contributed by atoms with van der Waals surface area (Å²) in [7, 11) is 0. The van der Waals surface area contributed by atoms with Gasteiger partial charge in [-0.3, -0.25) is 4.79 Å². The first-order valence-corrected chi connectivity index (χ1v) is 7.83. The van der Waals surface area contributed by atoms with Gasteiger partial charge in [-0.1, -0.05) is 12.1 Å². The fraction of sp³-hybridized carbons (Fsp3) is 0.333. The molecule has 1 aromatic heterocycles. The highest BCUT2D eigenvalue weighted by Gasteiger charge is 2.26. The van der Waals surface area contributed by atoms with Crippen molar-refractivity contribution in [1.82, 2.24) is 9.88 Å². The van der Waals surface area contributed by atoms with Gasteiger partial charge >= 0.3 is 5.97 Å². The monoisotopic (exact) mass is 312 g/mol. The molecule has 2 aromatic rings. The van der Waals surface area contributed by atoms with Crippen molar-refractivity contribution in [2.24, 2.45) is 0 Å². The molecule has 1 saturated heterocycles. The lowest BCUT2D eigenvalue weighted by Gasteiger charge is -2.33. The number of carboxylic acids is 1. The van der Waals surface area contributed by atoms with Gasteiger partial charge in [-0.2, -0.15) is 0 Å². The average Bonchev–Trinajstić information content (AvgIpc) is 3.00. The lowest BCUT2D eigenvalue weighted by Crippen LogP contribution is -2.39. The number of aromatic amines is 1. The van der Waals surface area contributed by atoms with E-state index in [9.17, 15) is 9.59 Å². The summed E-state index contributed by atoms with van der Waals surface area (Å²) in [5, 5.41) is 9.14. The Kier molecular flexibility index (Phi) is 4.19. The Labute approximate surface area is 134 Å². The molecular formula is C18H20N2O3. The molecule has 23 heavy (non-hydrogen) atoms. The van der Waals surface area contributed by atoms with Gasteiger partial charge in [0.1, 0.15) is 0 Å². The molecular weight excluding hydrogens is 292 g/mol. The van der Waals surface area contributed by atoms with Crippen LogP contribution < -0.4 is 0 Å². The Morgan fingerprint density at radius 2 is 2.13 bits per heavy atom. The lowest BCUT2D eigenvalue weighted by atomic mass is 9.89. The third-order valence-electron chi connectivity index (χ3n) is 4.50. The van der Waals surface area contributed by atoms with Gasteiger partial charge in [-0.25, -0.2) is 4.79 Å². The van der Waals surface area contributed by atoms with Gasteiger partial charge in [0.25, 0.3) is 5.91 Å². The Balaban J connectivity index is 1.78. The van der Waals surface area contributed by atoms with E-state index in [1.807, 2.05) is 24.0 Å². The highest BCUT2D eigenvalue weighted by atomic mass is 16.4. The van der Waals surface area contributed by atoms with Crippen molar-refractivity contribution in [3.63, 3.8) is 0 Å². The molecule has 0 saturated carbocycles. The minimum atomic E-state index is -0.918. The normalized spacial score (nSPS) is 18.0. The fourth-order valence-electron chi connectivity index (χ4n) is 3.21. The predicted octanol–water partition coefficient (Wildman–Crippen LogP) is 3.04. The first-order chi connectivity index (χ1) is 11.1. The van der Waals surface area contributed by atoms with E-state index in [0.29, 0.717) is 17.7 Å². The first-order valence-electron chi connectivity index (χ1n) is 7.83. The van der Waals surface area contributed by atoms with Crippen LogP contribution in [0.3, 0.4) is 0 Å². The molecule has 5 nitrogen and oxygen atoms in total. The maximum atomic E-state index is 12.6. The third kappa shape index (κ3) is 3.13. The predicted molar refractivity (Wildman–Crippen MR) is 86.8 cm³/mol. The SMILES string of the molecule is Cc1[nH]ccc1C(=O)N1CCC[C@H](c2cccc(C(=O)O)c2)C1. The number of aryl methyl sites for hydroxylation is 1. The molecule has 120 valence electrons. The summed E-state index contributed by atoms with van der Waals surface area (Å²) >= 11 is 0. The van der Waals surface area contributed by atoms with Crippen LogP contribution in [0.1, 0.15) is 50.7 Å². The second-order valence-corrected chi connectivity index (χ2v) is 6.04. The number of carbonyl (C=O) groups excluding carboxylic acids is 1. The Morgan fingerprint density at radius 3 is 2.83 bits per heavy atom. The average molecular weight is 312 g/mol. The summed E-state index contributed by atoms with van der Waals surface area (Å²) in [5.41, 5.74) is 2.88. The highest BCUT2D eigenvalue weighted by molar-refractivity contribution is 5.95. The van der Waals surface area contributed by atoms with Crippen LogP contribution in [0.25, 0.3) is 0 Å². The summed E-state index contributed by atoms with van der Waals surface area (Å²) in [6, 6.07) is 8.86. The van der Waals surface area contributed by atoms with E-state index in [2.05, 4.69) is 4.98 Å². The van der Waals surface area contributed by atoms with Crippen LogP contribution in [0.4, 0.5) is 0 Å². The fourth-order valence-corrected chi connectivity index (χ4v) is 3.21. The van der Waals surface area contributed by atoms with Gasteiger partial charge in [0.2, 0.25) is 0 Å². The minimum Gasteiger partial charge on any atom is -0.478 e. The molecule has 5 heteroatoms. The van der Waals surface area contributed by atoms with Gasteiger partial charge in [0.05, 0.1) is 11.1 Å². The van der Waals surface area contributed by atoms with Crippen LogP contribution in [0.5, 0.6) is 0 Å². The van der Waals surface area contributed by atoms with Crippen molar-refractivity contribution < 1.29 is 14.7 Å². The third-order valence-corrected chi connectivity index (χ3v) is 4.50. The number of carbonyl (C=O) groups is 2. The molecule has 1 amide bonds. The molecule has 1 aliphatic heterocycles. The number of benzene rings is 1. The molecule has 3 rings (SSSR count). The molecule has 0 aliphatic carbocycles. The summed E-state index contributed by atoms with van der Waals surface area (Å²) in [5.74, 6) is -0.687. The number of carboxylic acid groups (broad SMARTS) is 1.